The summed E-state index contributed by atoms with van der Waals surface area (Å²) < 4.78 is 0. The van der Waals surface area contributed by atoms with Gasteiger partial charge in [-0.3, -0.25) is 4.99 Å². The van der Waals surface area contributed by atoms with Crippen molar-refractivity contribution in [2.24, 2.45) is 10.7 Å². The van der Waals surface area contributed by atoms with Gasteiger partial charge in [-0.2, -0.15) is 0 Å². The van der Waals surface area contributed by atoms with E-state index in [1.165, 1.54) is 12.8 Å². The van der Waals surface area contributed by atoms with Gasteiger partial charge in [0.25, 0.3) is 0 Å². The topological polar surface area (TPSA) is 53.6 Å². The molecule has 0 saturated heterocycles. The fourth-order valence-electron chi connectivity index (χ4n) is 1.16. The second kappa shape index (κ2) is 2.69. The van der Waals surface area contributed by atoms with Crippen molar-refractivity contribution in [2.45, 2.75) is 18.9 Å². The molecule has 1 aliphatic carbocycles. The Morgan fingerprint density at radius 2 is 2.42 bits per heavy atom. The smallest absolute Gasteiger partial charge is 0.125 e. The number of nitrogens with one attached hydrogen (secondary N) is 1. The minimum atomic E-state index is 0.636. The summed E-state index contributed by atoms with van der Waals surface area (Å²) in [5.74, 6) is 0.803. The van der Waals surface area contributed by atoms with Crippen LogP contribution >= 0.6 is 0 Å². The highest BCUT2D eigenvalue weighted by atomic mass is 15.3. The Bertz CT molecular complexity index is 239. The van der Waals surface area contributed by atoms with E-state index in [0.717, 1.165) is 11.5 Å². The lowest BCUT2D eigenvalue weighted by Gasteiger charge is -2.23. The Labute approximate surface area is 72.1 Å². The molecule has 2 aliphatic rings. The molecule has 2 rings (SSSR count). The normalized spacial score (nSPS) is 23.2. The Hall–Kier alpha value is -1.19. The van der Waals surface area contributed by atoms with E-state index in [-0.39, 0.29) is 0 Å². The van der Waals surface area contributed by atoms with Gasteiger partial charge in [0.2, 0.25) is 0 Å². The minimum absolute atomic E-state index is 0.636. The van der Waals surface area contributed by atoms with Crippen molar-refractivity contribution in [3.63, 3.8) is 0 Å². The third-order valence-corrected chi connectivity index (χ3v) is 2.14. The fourth-order valence-corrected chi connectivity index (χ4v) is 1.16. The van der Waals surface area contributed by atoms with Crippen molar-refractivity contribution < 1.29 is 0 Å². The molecule has 0 spiro atoms. The van der Waals surface area contributed by atoms with Crippen LogP contribution in [0.2, 0.25) is 0 Å². The molecular weight excluding hydrogens is 152 g/mol. The van der Waals surface area contributed by atoms with E-state index < -0.39 is 0 Å². The first-order valence-electron chi connectivity index (χ1n) is 4.24. The number of nitrogens with zero attached hydrogens (tertiary/aromatic N) is 2. The van der Waals surface area contributed by atoms with E-state index in [4.69, 9.17) is 5.73 Å². The van der Waals surface area contributed by atoms with Crippen molar-refractivity contribution in [3.05, 3.63) is 11.5 Å². The van der Waals surface area contributed by atoms with E-state index in [0.29, 0.717) is 12.7 Å². The first-order valence-corrected chi connectivity index (χ1v) is 4.24. The standard InChI is InChI=1S/C8H14N4/c1-12-5-10-4-7(8(12)9)11-6-2-3-6/h4,6,11H,2-3,5,9H2,1H3. The van der Waals surface area contributed by atoms with Crippen LogP contribution < -0.4 is 11.1 Å². The van der Waals surface area contributed by atoms with Gasteiger partial charge in [0, 0.05) is 13.1 Å². The maximum absolute atomic E-state index is 5.85. The van der Waals surface area contributed by atoms with Crippen LogP contribution in [0.3, 0.4) is 0 Å². The van der Waals surface area contributed by atoms with E-state index in [9.17, 15) is 0 Å². The summed E-state index contributed by atoms with van der Waals surface area (Å²) in [4.78, 5) is 6.11. The minimum Gasteiger partial charge on any atom is -0.384 e. The van der Waals surface area contributed by atoms with Crippen molar-refractivity contribution >= 4 is 6.21 Å². The predicted molar refractivity (Wildman–Crippen MR) is 48.5 cm³/mol. The summed E-state index contributed by atoms with van der Waals surface area (Å²) in [6.07, 6.45) is 4.34. The van der Waals surface area contributed by atoms with Crippen LogP contribution in [0.4, 0.5) is 0 Å². The lowest BCUT2D eigenvalue weighted by molar-refractivity contribution is 0.414. The first kappa shape index (κ1) is 7.46. The summed E-state index contributed by atoms with van der Waals surface area (Å²) in [6, 6.07) is 0.636. The van der Waals surface area contributed by atoms with Crippen molar-refractivity contribution in [3.8, 4) is 0 Å². The maximum atomic E-state index is 5.85. The van der Waals surface area contributed by atoms with Gasteiger partial charge in [-0.1, -0.05) is 0 Å². The van der Waals surface area contributed by atoms with Gasteiger partial charge < -0.3 is 16.0 Å². The van der Waals surface area contributed by atoms with E-state index in [1.807, 2.05) is 18.2 Å². The summed E-state index contributed by atoms with van der Waals surface area (Å²) in [6.45, 7) is 0.668. The van der Waals surface area contributed by atoms with Gasteiger partial charge in [-0.25, -0.2) is 0 Å². The molecule has 0 aromatic heterocycles. The summed E-state index contributed by atoms with van der Waals surface area (Å²) in [7, 11) is 1.94. The molecule has 4 nitrogen and oxygen atoms in total. The molecule has 0 radical (unpaired) electrons. The van der Waals surface area contributed by atoms with Crippen LogP contribution in [-0.2, 0) is 0 Å². The zero-order chi connectivity index (χ0) is 8.55. The van der Waals surface area contributed by atoms with Crippen LogP contribution in [0, 0.1) is 0 Å². The number of aliphatic imine (C=N–C) groups is 1. The zero-order valence-electron chi connectivity index (χ0n) is 7.25. The van der Waals surface area contributed by atoms with Crippen LogP contribution in [0.25, 0.3) is 0 Å². The molecule has 0 bridgehead atoms. The second-order valence-corrected chi connectivity index (χ2v) is 3.37. The zero-order valence-corrected chi connectivity index (χ0v) is 7.25. The first-order chi connectivity index (χ1) is 5.77. The Balaban J connectivity index is 2.08. The molecule has 1 aliphatic heterocycles. The molecule has 3 N–H and O–H groups in total. The average Bonchev–Trinajstić information content (AvgIpc) is 2.83. The average molecular weight is 166 g/mol. The van der Waals surface area contributed by atoms with E-state index in [1.54, 1.807) is 0 Å². The van der Waals surface area contributed by atoms with Crippen LogP contribution in [-0.4, -0.2) is 30.9 Å². The molecule has 12 heavy (non-hydrogen) atoms. The monoisotopic (exact) mass is 166 g/mol. The molecule has 4 heteroatoms. The lowest BCUT2D eigenvalue weighted by Crippen LogP contribution is -2.34. The number of hydrogen-bond acceptors (Lipinski definition) is 4. The molecule has 0 unspecified atom stereocenters. The highest BCUT2D eigenvalue weighted by Crippen LogP contribution is 2.20. The molecule has 66 valence electrons. The third-order valence-electron chi connectivity index (χ3n) is 2.14. The van der Waals surface area contributed by atoms with Crippen LogP contribution in [0.5, 0.6) is 0 Å². The lowest BCUT2D eigenvalue weighted by atomic mass is 10.4. The largest absolute Gasteiger partial charge is 0.384 e. The highest BCUT2D eigenvalue weighted by molar-refractivity contribution is 5.79. The van der Waals surface area contributed by atoms with E-state index in [2.05, 4.69) is 10.3 Å². The Kier molecular flexibility index (Phi) is 1.67. The summed E-state index contributed by atoms with van der Waals surface area (Å²) in [5.41, 5.74) is 6.83. The number of allylic oxidation sites excluding steroid dienone is 1. The third kappa shape index (κ3) is 1.37. The van der Waals surface area contributed by atoms with Gasteiger partial charge in [0.1, 0.15) is 12.5 Å². The Morgan fingerprint density at radius 3 is 3.08 bits per heavy atom. The quantitative estimate of drug-likeness (QED) is 0.599. The second-order valence-electron chi connectivity index (χ2n) is 3.37. The molecule has 0 amide bonds. The molecule has 1 heterocycles. The fraction of sp³-hybridized carbons (Fsp3) is 0.625. The van der Waals surface area contributed by atoms with Gasteiger partial charge in [-0.15, -0.1) is 0 Å². The molecular formula is C8H14N4. The number of nitrogens with two attached hydrogens (primary N) is 1. The van der Waals surface area contributed by atoms with Crippen molar-refractivity contribution in [1.82, 2.24) is 10.2 Å². The molecule has 1 fully saturated rings. The number of rotatable bonds is 2. The predicted octanol–water partition coefficient (Wildman–Crippen LogP) is -0.160. The molecule has 0 aromatic rings. The van der Waals surface area contributed by atoms with Crippen molar-refractivity contribution in [1.29, 1.82) is 0 Å². The highest BCUT2D eigenvalue weighted by Gasteiger charge is 2.23. The van der Waals surface area contributed by atoms with Gasteiger partial charge in [0.05, 0.1) is 11.9 Å². The van der Waals surface area contributed by atoms with E-state index >= 15 is 0 Å². The van der Waals surface area contributed by atoms with Gasteiger partial charge in [0.15, 0.2) is 0 Å². The Morgan fingerprint density at radius 1 is 1.67 bits per heavy atom. The van der Waals surface area contributed by atoms with Gasteiger partial charge >= 0.3 is 0 Å². The van der Waals surface area contributed by atoms with Gasteiger partial charge in [-0.05, 0) is 12.8 Å². The molecule has 1 saturated carbocycles. The number of hydrogen-bond donors (Lipinski definition) is 2. The summed E-state index contributed by atoms with van der Waals surface area (Å²) in [5, 5.41) is 3.34. The molecule has 0 aromatic carbocycles. The summed E-state index contributed by atoms with van der Waals surface area (Å²) >= 11 is 0. The maximum Gasteiger partial charge on any atom is 0.125 e. The molecule has 0 atom stereocenters. The van der Waals surface area contributed by atoms with Crippen molar-refractivity contribution in [2.75, 3.05) is 13.7 Å². The van der Waals surface area contributed by atoms with Crippen LogP contribution in [0.15, 0.2) is 16.5 Å². The van der Waals surface area contributed by atoms with Crippen LogP contribution in [0.1, 0.15) is 12.8 Å². The SMILES string of the molecule is CN1CN=CC(NC2CC2)=C1N.